The van der Waals surface area contributed by atoms with Crippen molar-refractivity contribution in [1.82, 2.24) is 9.62 Å². The fraction of sp³-hybridized carbons (Fsp3) is 0.474. The first-order chi connectivity index (χ1) is 12.8. The molecule has 1 aromatic heterocycles. The largest absolute Gasteiger partial charge is 0.373 e. The van der Waals surface area contributed by atoms with E-state index in [9.17, 15) is 8.42 Å². The van der Waals surface area contributed by atoms with Crippen LogP contribution in [0.2, 0.25) is 5.02 Å². The number of sulfonamides is 1. The van der Waals surface area contributed by atoms with E-state index in [0.717, 1.165) is 20.3 Å². The molecule has 156 valence electrons. The molecule has 2 aromatic rings. The number of hydrogen-bond acceptors (Lipinski definition) is 5. The van der Waals surface area contributed by atoms with Gasteiger partial charge in [-0.15, -0.1) is 23.7 Å². The number of benzene rings is 1. The molecular formula is C19H26Cl2N2O3S2. The van der Waals surface area contributed by atoms with Crippen LogP contribution in [0, 0.1) is 0 Å². The van der Waals surface area contributed by atoms with Gasteiger partial charge in [0.05, 0.1) is 18.0 Å². The molecule has 2 unspecified atom stereocenters. The van der Waals surface area contributed by atoms with Crippen molar-refractivity contribution in [2.45, 2.75) is 32.6 Å². The van der Waals surface area contributed by atoms with Gasteiger partial charge in [0.15, 0.2) is 0 Å². The molecule has 2 atom stereocenters. The molecule has 1 aliphatic rings. The van der Waals surface area contributed by atoms with Crippen molar-refractivity contribution in [2.24, 2.45) is 0 Å². The number of nitrogens with one attached hydrogen (secondary N) is 1. The van der Waals surface area contributed by atoms with Crippen LogP contribution in [0.25, 0.3) is 10.4 Å². The summed E-state index contributed by atoms with van der Waals surface area (Å²) >= 11 is 7.91. The Balaban J connectivity index is 0.00000280. The molecule has 0 bridgehead atoms. The molecule has 3 rings (SSSR count). The van der Waals surface area contributed by atoms with Crippen LogP contribution < -0.4 is 5.32 Å². The molecule has 9 heteroatoms. The lowest BCUT2D eigenvalue weighted by molar-refractivity contribution is -0.0440. The van der Waals surface area contributed by atoms with Crippen LogP contribution in [0.15, 0.2) is 36.4 Å². The molecule has 28 heavy (non-hydrogen) atoms. The van der Waals surface area contributed by atoms with E-state index in [1.54, 1.807) is 15.6 Å². The Bertz CT molecular complexity index is 864. The molecule has 1 saturated heterocycles. The first kappa shape index (κ1) is 23.6. The lowest BCUT2D eigenvalue weighted by Gasteiger charge is -2.34. The Morgan fingerprint density at radius 3 is 2.54 bits per heavy atom. The average molecular weight is 465 g/mol. The maximum absolute atomic E-state index is 12.5. The van der Waals surface area contributed by atoms with Crippen LogP contribution in [0.1, 0.15) is 18.7 Å². The van der Waals surface area contributed by atoms with Crippen LogP contribution in [-0.2, 0) is 21.3 Å². The van der Waals surface area contributed by atoms with Crippen LogP contribution in [0.4, 0.5) is 0 Å². The summed E-state index contributed by atoms with van der Waals surface area (Å²) in [6.45, 7) is 5.73. The number of morpholine rings is 1. The summed E-state index contributed by atoms with van der Waals surface area (Å²) in [5, 5.41) is 3.97. The quantitative estimate of drug-likeness (QED) is 0.628. The van der Waals surface area contributed by atoms with Gasteiger partial charge in [0.25, 0.3) is 0 Å². The van der Waals surface area contributed by atoms with Crippen molar-refractivity contribution in [3.63, 3.8) is 0 Å². The Kier molecular flexibility index (Phi) is 8.76. The Morgan fingerprint density at radius 1 is 1.18 bits per heavy atom. The van der Waals surface area contributed by atoms with Crippen LogP contribution in [-0.4, -0.2) is 50.3 Å². The number of ether oxygens (including phenoxy) is 1. The molecule has 1 aromatic carbocycles. The van der Waals surface area contributed by atoms with Gasteiger partial charge < -0.3 is 10.1 Å². The molecule has 0 radical (unpaired) electrons. The SMILES string of the molecule is CC1CN(S(=O)(=O)CCNCc2ccc(-c3ccccc3Cl)s2)CC(C)O1.Cl. The van der Waals surface area contributed by atoms with Crippen LogP contribution in [0.5, 0.6) is 0 Å². The molecular weight excluding hydrogens is 439 g/mol. The van der Waals surface area contributed by atoms with E-state index < -0.39 is 10.0 Å². The molecule has 1 aliphatic heterocycles. The zero-order valence-electron chi connectivity index (χ0n) is 15.9. The minimum Gasteiger partial charge on any atom is -0.373 e. The fourth-order valence-corrected chi connectivity index (χ4v) is 6.02. The summed E-state index contributed by atoms with van der Waals surface area (Å²) in [6, 6.07) is 11.9. The van der Waals surface area contributed by atoms with E-state index in [1.165, 1.54) is 0 Å². The number of nitrogens with zero attached hydrogens (tertiary/aromatic N) is 1. The maximum Gasteiger partial charge on any atom is 0.215 e. The van der Waals surface area contributed by atoms with Gasteiger partial charge in [-0.05, 0) is 32.0 Å². The summed E-state index contributed by atoms with van der Waals surface area (Å²) in [5.74, 6) is 0.0924. The summed E-state index contributed by atoms with van der Waals surface area (Å²) in [5.41, 5.74) is 1.02. The Hall–Kier alpha value is -0.670. The zero-order chi connectivity index (χ0) is 19.4. The highest BCUT2D eigenvalue weighted by atomic mass is 35.5. The Labute approximate surface area is 182 Å². The maximum atomic E-state index is 12.5. The summed E-state index contributed by atoms with van der Waals surface area (Å²) < 4.78 is 32.2. The molecule has 0 saturated carbocycles. The highest BCUT2D eigenvalue weighted by Crippen LogP contribution is 2.33. The minimum atomic E-state index is -3.27. The summed E-state index contributed by atoms with van der Waals surface area (Å²) in [4.78, 5) is 2.26. The number of hydrogen-bond donors (Lipinski definition) is 1. The Morgan fingerprint density at radius 2 is 1.86 bits per heavy atom. The van der Waals surface area contributed by atoms with E-state index >= 15 is 0 Å². The third kappa shape index (κ3) is 6.16. The molecule has 1 fully saturated rings. The van der Waals surface area contributed by atoms with E-state index in [1.807, 2.05) is 38.1 Å². The zero-order valence-corrected chi connectivity index (χ0v) is 19.1. The third-order valence-electron chi connectivity index (χ3n) is 4.42. The van der Waals surface area contributed by atoms with Gasteiger partial charge in [-0.3, -0.25) is 0 Å². The first-order valence-corrected chi connectivity index (χ1v) is 11.8. The number of thiophene rings is 1. The molecule has 0 amide bonds. The van der Waals surface area contributed by atoms with Gasteiger partial charge in [-0.1, -0.05) is 29.8 Å². The summed E-state index contributed by atoms with van der Waals surface area (Å²) in [6.07, 6.45) is -0.128. The van der Waals surface area contributed by atoms with Gasteiger partial charge in [0.1, 0.15) is 0 Å². The van der Waals surface area contributed by atoms with E-state index in [4.69, 9.17) is 16.3 Å². The van der Waals surface area contributed by atoms with Crippen molar-refractivity contribution in [1.29, 1.82) is 0 Å². The fourth-order valence-electron chi connectivity index (χ4n) is 3.18. The smallest absolute Gasteiger partial charge is 0.215 e. The highest BCUT2D eigenvalue weighted by molar-refractivity contribution is 7.89. The second kappa shape index (κ2) is 10.4. The number of halogens is 2. The van der Waals surface area contributed by atoms with Gasteiger partial charge >= 0.3 is 0 Å². The summed E-state index contributed by atoms with van der Waals surface area (Å²) in [7, 11) is -3.27. The first-order valence-electron chi connectivity index (χ1n) is 9.03. The van der Waals surface area contributed by atoms with Crippen molar-refractivity contribution < 1.29 is 13.2 Å². The molecule has 1 N–H and O–H groups in total. The monoisotopic (exact) mass is 464 g/mol. The second-order valence-electron chi connectivity index (χ2n) is 6.81. The number of rotatable bonds is 7. The van der Waals surface area contributed by atoms with E-state index in [2.05, 4.69) is 17.4 Å². The molecule has 0 spiro atoms. The second-order valence-corrected chi connectivity index (χ2v) is 10.5. The van der Waals surface area contributed by atoms with Gasteiger partial charge in [-0.25, -0.2) is 8.42 Å². The average Bonchev–Trinajstić information content (AvgIpc) is 3.07. The standard InChI is InChI=1S/C19H25ClN2O3S2.ClH/c1-14-12-22(13-15(2)25-14)27(23,24)10-9-21-11-16-7-8-19(26-16)17-5-3-4-6-18(17)20;/h3-8,14-15,21H,9-13H2,1-2H3;1H. The molecule has 0 aliphatic carbocycles. The molecule has 5 nitrogen and oxygen atoms in total. The highest BCUT2D eigenvalue weighted by Gasteiger charge is 2.30. The molecule has 2 heterocycles. The van der Waals surface area contributed by atoms with E-state index in [0.29, 0.717) is 26.2 Å². The van der Waals surface area contributed by atoms with Crippen LogP contribution in [0.3, 0.4) is 0 Å². The minimum absolute atomic E-state index is 0. The topological polar surface area (TPSA) is 58.6 Å². The predicted octanol–water partition coefficient (Wildman–Crippen LogP) is 4.02. The van der Waals surface area contributed by atoms with Crippen molar-refractivity contribution in [3.05, 3.63) is 46.3 Å². The van der Waals surface area contributed by atoms with Crippen molar-refractivity contribution >= 4 is 45.4 Å². The van der Waals surface area contributed by atoms with Crippen molar-refractivity contribution in [3.8, 4) is 10.4 Å². The van der Waals surface area contributed by atoms with Crippen molar-refractivity contribution in [2.75, 3.05) is 25.4 Å². The normalized spacial score (nSPS) is 20.7. The van der Waals surface area contributed by atoms with Gasteiger partial charge in [0, 0.05) is 46.5 Å². The third-order valence-corrected chi connectivity index (χ3v) is 7.67. The predicted molar refractivity (Wildman–Crippen MR) is 119 cm³/mol. The lowest BCUT2D eigenvalue weighted by Crippen LogP contribution is -2.49. The van der Waals surface area contributed by atoms with Gasteiger partial charge in [-0.2, -0.15) is 4.31 Å². The van der Waals surface area contributed by atoms with E-state index in [-0.39, 0.29) is 30.4 Å². The lowest BCUT2D eigenvalue weighted by atomic mass is 10.2. The van der Waals surface area contributed by atoms with Gasteiger partial charge in [0.2, 0.25) is 10.0 Å². The van der Waals surface area contributed by atoms with Crippen LogP contribution >= 0.6 is 35.3 Å².